The fourth-order valence-electron chi connectivity index (χ4n) is 2.15. The number of ether oxygens (including phenoxy) is 1. The Morgan fingerprint density at radius 2 is 2.33 bits per heavy atom. The summed E-state index contributed by atoms with van der Waals surface area (Å²) in [6.07, 6.45) is 2.59. The van der Waals surface area contributed by atoms with E-state index in [0.29, 0.717) is 12.5 Å². The summed E-state index contributed by atoms with van der Waals surface area (Å²) in [6, 6.07) is 0.140. The van der Waals surface area contributed by atoms with Crippen LogP contribution >= 0.6 is 0 Å². The average molecular weight is 165 g/mol. The van der Waals surface area contributed by atoms with Gasteiger partial charge < -0.3 is 9.58 Å². The van der Waals surface area contributed by atoms with Crippen molar-refractivity contribution in [3.63, 3.8) is 0 Å². The summed E-state index contributed by atoms with van der Waals surface area (Å²) in [4.78, 5) is 14.6. The summed E-state index contributed by atoms with van der Waals surface area (Å²) >= 11 is 0. The minimum Gasteiger partial charge on any atom is -0.465 e. The first-order valence-electron chi connectivity index (χ1n) is 4.34. The zero-order valence-electron chi connectivity index (χ0n) is 6.82. The van der Waals surface area contributed by atoms with Crippen molar-refractivity contribution in [1.82, 2.24) is 0 Å². The van der Waals surface area contributed by atoms with Gasteiger partial charge in [-0.25, -0.2) is 6.57 Å². The molecule has 1 aliphatic heterocycles. The molecule has 3 atom stereocenters. The number of hydrogen-bond acceptors (Lipinski definition) is 2. The smallest absolute Gasteiger partial charge is 0.309 e. The van der Waals surface area contributed by atoms with Crippen molar-refractivity contribution < 1.29 is 9.53 Å². The molecule has 0 spiro atoms. The highest BCUT2D eigenvalue weighted by Crippen LogP contribution is 2.36. The number of hydrogen-bond donors (Lipinski definition) is 0. The number of cyclic esters (lactones) is 1. The Morgan fingerprint density at radius 3 is 3.08 bits per heavy atom. The van der Waals surface area contributed by atoms with Gasteiger partial charge in [-0.15, -0.1) is 0 Å². The molecule has 1 saturated carbocycles. The molecular weight excluding hydrogens is 154 g/mol. The number of esters is 1. The summed E-state index contributed by atoms with van der Waals surface area (Å²) in [5, 5.41) is 0. The maximum absolute atomic E-state index is 11.1. The largest absolute Gasteiger partial charge is 0.465 e. The normalized spacial score (nSPS) is 39.9. The van der Waals surface area contributed by atoms with Crippen molar-refractivity contribution >= 4 is 5.97 Å². The third-order valence-corrected chi connectivity index (χ3v) is 2.88. The lowest BCUT2D eigenvalue weighted by atomic mass is 9.79. The van der Waals surface area contributed by atoms with Crippen molar-refractivity contribution in [3.05, 3.63) is 11.4 Å². The van der Waals surface area contributed by atoms with Gasteiger partial charge >= 0.3 is 5.97 Å². The Labute approximate surface area is 71.5 Å². The van der Waals surface area contributed by atoms with Crippen LogP contribution in [0, 0.1) is 18.4 Å². The fourth-order valence-corrected chi connectivity index (χ4v) is 2.15. The molecule has 12 heavy (non-hydrogen) atoms. The molecule has 0 aromatic rings. The summed E-state index contributed by atoms with van der Waals surface area (Å²) in [5.41, 5.74) is 0. The van der Waals surface area contributed by atoms with E-state index in [4.69, 9.17) is 11.3 Å². The molecule has 3 nitrogen and oxygen atoms in total. The Hall–Kier alpha value is -1.04. The van der Waals surface area contributed by atoms with Crippen LogP contribution in [0.5, 0.6) is 0 Å². The number of carbonyl (C=O) groups is 1. The third kappa shape index (κ3) is 1.08. The van der Waals surface area contributed by atoms with Crippen LogP contribution in [0.15, 0.2) is 0 Å². The quantitative estimate of drug-likeness (QED) is 0.399. The van der Waals surface area contributed by atoms with Crippen LogP contribution < -0.4 is 0 Å². The third-order valence-electron chi connectivity index (χ3n) is 2.88. The molecule has 0 aromatic heterocycles. The molecule has 0 N–H and O–H groups in total. The van der Waals surface area contributed by atoms with Gasteiger partial charge in [0.05, 0.1) is 12.5 Å². The van der Waals surface area contributed by atoms with Gasteiger partial charge in [0, 0.05) is 18.8 Å². The highest BCUT2D eigenvalue weighted by atomic mass is 16.5. The topological polar surface area (TPSA) is 30.7 Å². The molecule has 0 radical (unpaired) electrons. The highest BCUT2D eigenvalue weighted by Gasteiger charge is 2.43. The zero-order valence-corrected chi connectivity index (χ0v) is 6.82. The molecule has 1 heterocycles. The Kier molecular flexibility index (Phi) is 1.76. The van der Waals surface area contributed by atoms with Crippen LogP contribution in [0.2, 0.25) is 0 Å². The predicted octanol–water partition coefficient (Wildman–Crippen LogP) is 1.25. The Balaban J connectivity index is 2.05. The van der Waals surface area contributed by atoms with Gasteiger partial charge in [0.1, 0.15) is 0 Å². The molecule has 0 amide bonds. The molecule has 2 aliphatic rings. The van der Waals surface area contributed by atoms with E-state index in [-0.39, 0.29) is 17.9 Å². The summed E-state index contributed by atoms with van der Waals surface area (Å²) < 4.78 is 4.95. The van der Waals surface area contributed by atoms with Crippen LogP contribution in [0.3, 0.4) is 0 Å². The van der Waals surface area contributed by atoms with Crippen molar-refractivity contribution in [3.8, 4) is 0 Å². The molecule has 1 saturated heterocycles. The summed E-state index contributed by atoms with van der Waals surface area (Å²) in [6.45, 7) is 7.45. The molecule has 0 aromatic carbocycles. The summed E-state index contributed by atoms with van der Waals surface area (Å²) in [5.74, 6) is 0.414. The SMILES string of the molecule is [C-]#[N+]C1CCC2C(=O)OCC2C1. The number of carbonyl (C=O) groups excluding carboxylic acids is 1. The maximum Gasteiger partial charge on any atom is 0.309 e. The first-order chi connectivity index (χ1) is 5.81. The molecule has 64 valence electrons. The van der Waals surface area contributed by atoms with Crippen molar-refractivity contribution in [1.29, 1.82) is 0 Å². The predicted molar refractivity (Wildman–Crippen MR) is 42.2 cm³/mol. The summed E-state index contributed by atoms with van der Waals surface area (Å²) in [7, 11) is 0. The molecule has 2 fully saturated rings. The van der Waals surface area contributed by atoms with Crippen molar-refractivity contribution in [2.45, 2.75) is 25.3 Å². The van der Waals surface area contributed by atoms with Crippen LogP contribution in [0.25, 0.3) is 4.85 Å². The molecule has 1 aliphatic carbocycles. The number of nitrogens with zero attached hydrogens (tertiary/aromatic N) is 1. The van der Waals surface area contributed by atoms with E-state index in [1.807, 2.05) is 0 Å². The monoisotopic (exact) mass is 165 g/mol. The van der Waals surface area contributed by atoms with Crippen LogP contribution in [-0.4, -0.2) is 18.6 Å². The highest BCUT2D eigenvalue weighted by molar-refractivity contribution is 5.74. The second kappa shape index (κ2) is 2.78. The molecule has 3 heteroatoms. The van der Waals surface area contributed by atoms with Gasteiger partial charge in [0.25, 0.3) is 0 Å². The van der Waals surface area contributed by atoms with Crippen LogP contribution in [-0.2, 0) is 9.53 Å². The van der Waals surface area contributed by atoms with Gasteiger partial charge in [-0.3, -0.25) is 4.79 Å². The van der Waals surface area contributed by atoms with E-state index < -0.39 is 0 Å². The van der Waals surface area contributed by atoms with Gasteiger partial charge in [0.15, 0.2) is 0 Å². The minimum atomic E-state index is -0.0385. The Bertz CT molecular complexity index is 243. The lowest BCUT2D eigenvalue weighted by Crippen LogP contribution is -2.26. The van der Waals surface area contributed by atoms with Gasteiger partial charge in [-0.1, -0.05) is 0 Å². The van der Waals surface area contributed by atoms with Gasteiger partial charge in [0.2, 0.25) is 6.04 Å². The minimum absolute atomic E-state index is 0.0385. The van der Waals surface area contributed by atoms with E-state index in [2.05, 4.69) is 4.85 Å². The lowest BCUT2D eigenvalue weighted by Gasteiger charge is -2.21. The maximum atomic E-state index is 11.1. The molecule has 3 unspecified atom stereocenters. The Morgan fingerprint density at radius 1 is 1.50 bits per heavy atom. The second-order valence-electron chi connectivity index (χ2n) is 3.59. The van der Waals surface area contributed by atoms with Crippen molar-refractivity contribution in [2.75, 3.05) is 6.61 Å². The first-order valence-corrected chi connectivity index (χ1v) is 4.34. The number of rotatable bonds is 0. The van der Waals surface area contributed by atoms with Crippen LogP contribution in [0.4, 0.5) is 0 Å². The average Bonchev–Trinajstić information content (AvgIpc) is 2.47. The van der Waals surface area contributed by atoms with Crippen LogP contribution in [0.1, 0.15) is 19.3 Å². The zero-order chi connectivity index (χ0) is 8.55. The lowest BCUT2D eigenvalue weighted by molar-refractivity contribution is -0.141. The number of fused-ring (bicyclic) bond motifs is 1. The molecule has 0 bridgehead atoms. The van der Waals surface area contributed by atoms with E-state index in [1.54, 1.807) is 0 Å². The second-order valence-corrected chi connectivity index (χ2v) is 3.59. The first kappa shape index (κ1) is 7.60. The van der Waals surface area contributed by atoms with Gasteiger partial charge in [-0.2, -0.15) is 0 Å². The van der Waals surface area contributed by atoms with E-state index in [1.165, 1.54) is 0 Å². The van der Waals surface area contributed by atoms with E-state index in [9.17, 15) is 4.79 Å². The molecule has 2 rings (SSSR count). The standard InChI is InChI=1S/C9H11NO2/c1-10-7-2-3-8-6(4-7)5-12-9(8)11/h6-8H,2-5H2. The fraction of sp³-hybridized carbons (Fsp3) is 0.778. The van der Waals surface area contributed by atoms with Crippen molar-refractivity contribution in [2.24, 2.45) is 11.8 Å². The molecular formula is C9H11NO2. The van der Waals surface area contributed by atoms with E-state index in [0.717, 1.165) is 19.3 Å². The van der Waals surface area contributed by atoms with E-state index >= 15 is 0 Å². The van der Waals surface area contributed by atoms with Gasteiger partial charge in [-0.05, 0) is 6.42 Å².